The van der Waals surface area contributed by atoms with Crippen molar-refractivity contribution >= 4 is 23.2 Å². The molecule has 2 aromatic rings. The van der Waals surface area contributed by atoms with Gasteiger partial charge in [0.15, 0.2) is 5.82 Å². The second kappa shape index (κ2) is 6.88. The van der Waals surface area contributed by atoms with Gasteiger partial charge in [0.05, 0.1) is 19.7 Å². The zero-order chi connectivity index (χ0) is 16.2. The highest BCUT2D eigenvalue weighted by Crippen LogP contribution is 2.17. The van der Waals surface area contributed by atoms with Crippen molar-refractivity contribution in [3.63, 3.8) is 0 Å². The van der Waals surface area contributed by atoms with Crippen molar-refractivity contribution in [1.29, 1.82) is 0 Å². The van der Waals surface area contributed by atoms with Gasteiger partial charge in [-0.05, 0) is 18.4 Å². The van der Waals surface area contributed by atoms with Crippen LogP contribution in [0.1, 0.15) is 16.6 Å². The molecule has 1 saturated heterocycles. The topological polar surface area (TPSA) is 97.6 Å². The highest BCUT2D eigenvalue weighted by molar-refractivity contribution is 7.09. The zero-order valence-electron chi connectivity index (χ0n) is 12.5. The van der Waals surface area contributed by atoms with Gasteiger partial charge in [-0.15, -0.1) is 11.3 Å². The lowest BCUT2D eigenvalue weighted by Gasteiger charge is -2.34. The largest absolute Gasteiger partial charge is 0.369 e. The molecule has 0 aromatic carbocycles. The number of aryl methyl sites for hydroxylation is 1. The fraction of sp³-hybridized carbons (Fsp3) is 0.429. The third-order valence-electron chi connectivity index (χ3n) is 3.39. The van der Waals surface area contributed by atoms with Gasteiger partial charge in [0.25, 0.3) is 0 Å². The Hall–Kier alpha value is -2.26. The Morgan fingerprint density at radius 3 is 3.13 bits per heavy atom. The highest BCUT2D eigenvalue weighted by atomic mass is 32.1. The van der Waals surface area contributed by atoms with Crippen LogP contribution < -0.4 is 5.32 Å². The van der Waals surface area contributed by atoms with Crippen LogP contribution in [0.3, 0.4) is 0 Å². The number of hydrogen-bond donors (Lipinski definition) is 1. The molecule has 1 aliphatic heterocycles. The molecule has 1 fully saturated rings. The van der Waals surface area contributed by atoms with Gasteiger partial charge in [0.2, 0.25) is 17.7 Å². The molecule has 2 amide bonds. The number of nitrogens with one attached hydrogen (secondary N) is 1. The van der Waals surface area contributed by atoms with E-state index in [4.69, 9.17) is 9.26 Å². The minimum Gasteiger partial charge on any atom is -0.369 e. The first-order chi connectivity index (χ1) is 11.1. The molecule has 1 atom stereocenters. The van der Waals surface area contributed by atoms with E-state index in [-0.39, 0.29) is 31.6 Å². The molecule has 3 rings (SSSR count). The third-order valence-corrected chi connectivity index (χ3v) is 4.25. The molecule has 0 spiro atoms. The van der Waals surface area contributed by atoms with Crippen molar-refractivity contribution in [3.05, 3.63) is 34.1 Å². The van der Waals surface area contributed by atoms with E-state index in [0.717, 1.165) is 4.88 Å². The number of morpholine rings is 1. The maximum absolute atomic E-state index is 12.4. The van der Waals surface area contributed by atoms with Gasteiger partial charge < -0.3 is 19.5 Å². The standard InChI is InChI=1S/C14H16N4O4S/c1-9-16-12(22-17-9)5-15-14(20)11-7-21-8-13(19)18(11)6-10-3-2-4-23-10/h2-4,11H,5-8H2,1H3,(H,15,20)/t11-/m1/s1. The number of aromatic nitrogens is 2. The third kappa shape index (κ3) is 3.74. The number of amides is 2. The predicted molar refractivity (Wildman–Crippen MR) is 80.4 cm³/mol. The molecule has 0 radical (unpaired) electrons. The Kier molecular flexibility index (Phi) is 4.68. The molecule has 8 nitrogen and oxygen atoms in total. The summed E-state index contributed by atoms with van der Waals surface area (Å²) in [5.74, 6) is 0.331. The molecular weight excluding hydrogens is 320 g/mol. The van der Waals surface area contributed by atoms with Gasteiger partial charge in [0, 0.05) is 4.88 Å². The molecule has 0 saturated carbocycles. The number of nitrogens with zero attached hydrogens (tertiary/aromatic N) is 3. The summed E-state index contributed by atoms with van der Waals surface area (Å²) in [6, 6.07) is 3.18. The van der Waals surface area contributed by atoms with Crippen LogP contribution in [0.25, 0.3) is 0 Å². The van der Waals surface area contributed by atoms with Gasteiger partial charge >= 0.3 is 0 Å². The van der Waals surface area contributed by atoms with Gasteiger partial charge in [-0.1, -0.05) is 11.2 Å². The summed E-state index contributed by atoms with van der Waals surface area (Å²) in [6.07, 6.45) is 0. The minimum absolute atomic E-state index is 0.00197. The Bertz CT molecular complexity index is 685. The summed E-state index contributed by atoms with van der Waals surface area (Å²) in [6.45, 7) is 2.39. The quantitative estimate of drug-likeness (QED) is 0.853. The van der Waals surface area contributed by atoms with E-state index in [2.05, 4.69) is 15.5 Å². The fourth-order valence-corrected chi connectivity index (χ4v) is 2.99. The predicted octanol–water partition coefficient (Wildman–Crippen LogP) is 0.483. The first-order valence-corrected chi connectivity index (χ1v) is 7.98. The number of rotatable bonds is 5. The maximum Gasteiger partial charge on any atom is 0.249 e. The highest BCUT2D eigenvalue weighted by Gasteiger charge is 2.34. The number of ether oxygens (including phenoxy) is 1. The lowest BCUT2D eigenvalue weighted by molar-refractivity contribution is -0.155. The number of carbonyl (C=O) groups excluding carboxylic acids is 2. The van der Waals surface area contributed by atoms with Crippen molar-refractivity contribution < 1.29 is 18.8 Å². The van der Waals surface area contributed by atoms with Gasteiger partial charge in [-0.3, -0.25) is 9.59 Å². The Morgan fingerprint density at radius 1 is 1.57 bits per heavy atom. The monoisotopic (exact) mass is 336 g/mol. The normalized spacial score (nSPS) is 18.2. The molecule has 122 valence electrons. The molecule has 9 heteroatoms. The van der Waals surface area contributed by atoms with Crippen molar-refractivity contribution in [2.75, 3.05) is 13.2 Å². The Labute approximate surface area is 136 Å². The molecule has 0 bridgehead atoms. The summed E-state index contributed by atoms with van der Waals surface area (Å²) >= 11 is 1.55. The molecule has 2 aromatic heterocycles. The lowest BCUT2D eigenvalue weighted by Crippen LogP contribution is -2.55. The van der Waals surface area contributed by atoms with Gasteiger partial charge in [0.1, 0.15) is 12.6 Å². The summed E-state index contributed by atoms with van der Waals surface area (Å²) < 4.78 is 10.2. The van der Waals surface area contributed by atoms with E-state index in [1.165, 1.54) is 0 Å². The Balaban J connectivity index is 1.64. The molecule has 0 aliphatic carbocycles. The average Bonchev–Trinajstić information content (AvgIpc) is 3.18. The number of thiophene rings is 1. The van der Waals surface area contributed by atoms with E-state index in [9.17, 15) is 9.59 Å². The first-order valence-electron chi connectivity index (χ1n) is 7.10. The van der Waals surface area contributed by atoms with Crippen LogP contribution in [0.15, 0.2) is 22.0 Å². The van der Waals surface area contributed by atoms with Crippen LogP contribution in [0.5, 0.6) is 0 Å². The summed E-state index contributed by atoms with van der Waals surface area (Å²) in [7, 11) is 0. The molecule has 3 heterocycles. The molecule has 1 N–H and O–H groups in total. The molecule has 0 unspecified atom stereocenters. The second-order valence-corrected chi connectivity index (χ2v) is 6.12. The van der Waals surface area contributed by atoms with E-state index in [0.29, 0.717) is 18.3 Å². The van der Waals surface area contributed by atoms with E-state index >= 15 is 0 Å². The van der Waals surface area contributed by atoms with E-state index in [1.54, 1.807) is 23.2 Å². The van der Waals surface area contributed by atoms with Crippen LogP contribution in [-0.2, 0) is 27.4 Å². The first kappa shape index (κ1) is 15.6. The average molecular weight is 336 g/mol. The van der Waals surface area contributed by atoms with Gasteiger partial charge in [-0.2, -0.15) is 4.98 Å². The number of carbonyl (C=O) groups is 2. The molecular formula is C14H16N4O4S. The van der Waals surface area contributed by atoms with Crippen LogP contribution in [0.4, 0.5) is 0 Å². The van der Waals surface area contributed by atoms with E-state index < -0.39 is 6.04 Å². The smallest absolute Gasteiger partial charge is 0.249 e. The molecule has 23 heavy (non-hydrogen) atoms. The van der Waals surface area contributed by atoms with Crippen LogP contribution in [-0.4, -0.2) is 46.1 Å². The van der Waals surface area contributed by atoms with Gasteiger partial charge in [-0.25, -0.2) is 0 Å². The van der Waals surface area contributed by atoms with Crippen LogP contribution in [0.2, 0.25) is 0 Å². The van der Waals surface area contributed by atoms with E-state index in [1.807, 2.05) is 17.5 Å². The van der Waals surface area contributed by atoms with Crippen LogP contribution >= 0.6 is 11.3 Å². The van der Waals surface area contributed by atoms with Crippen molar-refractivity contribution in [2.24, 2.45) is 0 Å². The summed E-state index contributed by atoms with van der Waals surface area (Å²) in [5.41, 5.74) is 0. The second-order valence-electron chi connectivity index (χ2n) is 5.09. The minimum atomic E-state index is -0.664. The van der Waals surface area contributed by atoms with Crippen molar-refractivity contribution in [1.82, 2.24) is 20.4 Å². The summed E-state index contributed by atoms with van der Waals surface area (Å²) in [5, 5.41) is 8.30. The summed E-state index contributed by atoms with van der Waals surface area (Å²) in [4.78, 5) is 31.1. The fourth-order valence-electron chi connectivity index (χ4n) is 2.28. The van der Waals surface area contributed by atoms with Crippen molar-refractivity contribution in [3.8, 4) is 0 Å². The van der Waals surface area contributed by atoms with Crippen LogP contribution in [0, 0.1) is 6.92 Å². The molecule has 1 aliphatic rings. The number of hydrogen-bond acceptors (Lipinski definition) is 7. The maximum atomic E-state index is 12.4. The van der Waals surface area contributed by atoms with Crippen molar-refractivity contribution in [2.45, 2.75) is 26.1 Å². The Morgan fingerprint density at radius 2 is 2.43 bits per heavy atom. The SMILES string of the molecule is Cc1noc(CNC(=O)[C@H]2COCC(=O)N2Cc2cccs2)n1. The lowest BCUT2D eigenvalue weighted by atomic mass is 10.2. The zero-order valence-corrected chi connectivity index (χ0v) is 13.3.